The molecule has 8 atom stereocenters. The Morgan fingerprint density at radius 2 is 1.70 bits per heavy atom. The Balaban J connectivity index is 0.915. The topological polar surface area (TPSA) is 63.7 Å². The molecule has 1 aliphatic carbocycles. The van der Waals surface area contributed by atoms with Gasteiger partial charge >= 0.3 is 0 Å². The molecular formula is C36H55Cl2N3O5. The van der Waals surface area contributed by atoms with Crippen LogP contribution in [0.1, 0.15) is 77.7 Å². The SMILES string of the molecule is C[C@H]1[C@@H](CCCN2CCN(C(=O)CCCc3ccc(N(CCCl)CCCl)cc3)CC2)O[C@@H]2OC3(C)CCC4[C@H](C)CC[C@@H]1C42OO3. The van der Waals surface area contributed by atoms with E-state index in [1.807, 2.05) is 6.92 Å². The number of rotatable bonds is 13. The van der Waals surface area contributed by atoms with Crippen molar-refractivity contribution in [1.29, 1.82) is 0 Å². The number of anilines is 1. The highest BCUT2D eigenvalue weighted by atomic mass is 35.5. The van der Waals surface area contributed by atoms with E-state index in [2.05, 4.69) is 52.8 Å². The maximum Gasteiger partial charge on any atom is 0.222 e. The number of carbonyl (C=O) groups excluding carboxylic acids is 1. The lowest BCUT2D eigenvalue weighted by Crippen LogP contribution is -2.70. The molecule has 2 bridgehead atoms. The average molecular weight is 681 g/mol. The summed E-state index contributed by atoms with van der Waals surface area (Å²) in [6.07, 6.45) is 8.58. The van der Waals surface area contributed by atoms with Crippen LogP contribution < -0.4 is 4.90 Å². The maximum absolute atomic E-state index is 13.0. The Morgan fingerprint density at radius 3 is 2.41 bits per heavy atom. The quantitative estimate of drug-likeness (QED) is 0.175. The van der Waals surface area contributed by atoms with E-state index in [0.717, 1.165) is 96.4 Å². The lowest BCUT2D eigenvalue weighted by molar-refractivity contribution is -0.571. The number of hydrogen-bond donors (Lipinski definition) is 0. The highest BCUT2D eigenvalue weighted by Gasteiger charge is 2.69. The third-order valence-electron chi connectivity index (χ3n) is 11.8. The summed E-state index contributed by atoms with van der Waals surface area (Å²) in [7, 11) is 0. The van der Waals surface area contributed by atoms with Crippen LogP contribution in [0.5, 0.6) is 0 Å². The van der Waals surface area contributed by atoms with Crippen molar-refractivity contribution in [1.82, 2.24) is 9.80 Å². The summed E-state index contributed by atoms with van der Waals surface area (Å²) in [5, 5.41) is 0. The van der Waals surface area contributed by atoms with E-state index in [0.29, 0.717) is 41.9 Å². The molecular weight excluding hydrogens is 625 g/mol. The van der Waals surface area contributed by atoms with Crippen molar-refractivity contribution in [3.63, 3.8) is 0 Å². The number of ether oxygens (including phenoxy) is 2. The van der Waals surface area contributed by atoms with Crippen molar-refractivity contribution in [2.45, 2.75) is 102 Å². The maximum atomic E-state index is 13.0. The number of halogens is 2. The van der Waals surface area contributed by atoms with E-state index >= 15 is 0 Å². The minimum absolute atomic E-state index is 0.163. The van der Waals surface area contributed by atoms with Crippen molar-refractivity contribution in [2.24, 2.45) is 23.7 Å². The molecule has 1 aromatic carbocycles. The van der Waals surface area contributed by atoms with Gasteiger partial charge in [-0.25, -0.2) is 9.78 Å². The smallest absolute Gasteiger partial charge is 0.222 e. The van der Waals surface area contributed by atoms with Gasteiger partial charge in [0, 0.05) is 75.5 Å². The van der Waals surface area contributed by atoms with Crippen molar-refractivity contribution < 1.29 is 24.0 Å². The molecule has 5 saturated heterocycles. The molecule has 1 aromatic rings. The predicted octanol–water partition coefficient (Wildman–Crippen LogP) is 6.47. The lowest BCUT2D eigenvalue weighted by atomic mass is 9.57. The number of aryl methyl sites for hydroxylation is 1. The summed E-state index contributed by atoms with van der Waals surface area (Å²) in [6.45, 7) is 12.8. The lowest BCUT2D eigenvalue weighted by Gasteiger charge is -2.60. The van der Waals surface area contributed by atoms with Crippen LogP contribution in [0, 0.1) is 23.7 Å². The zero-order chi connectivity index (χ0) is 32.3. The first-order chi connectivity index (χ1) is 22.3. The Hall–Kier alpha value is -1.13. The van der Waals surface area contributed by atoms with Crippen LogP contribution in [0.25, 0.3) is 0 Å². The van der Waals surface area contributed by atoms with E-state index in [1.54, 1.807) is 0 Å². The molecule has 3 unspecified atom stereocenters. The first kappa shape index (κ1) is 34.7. The molecule has 8 nitrogen and oxygen atoms in total. The van der Waals surface area contributed by atoms with Crippen LogP contribution in [-0.4, -0.2) is 97.1 Å². The molecule has 10 heteroatoms. The molecule has 0 aromatic heterocycles. The van der Waals surface area contributed by atoms with Gasteiger partial charge in [-0.15, -0.1) is 23.2 Å². The van der Waals surface area contributed by atoms with Gasteiger partial charge in [-0.2, -0.15) is 0 Å². The number of alkyl halides is 2. The fourth-order valence-electron chi connectivity index (χ4n) is 9.10. The predicted molar refractivity (Wildman–Crippen MR) is 182 cm³/mol. The fourth-order valence-corrected chi connectivity index (χ4v) is 9.50. The molecule has 1 saturated carbocycles. The van der Waals surface area contributed by atoms with E-state index < -0.39 is 11.4 Å². The zero-order valence-corrected chi connectivity index (χ0v) is 29.7. The molecule has 1 amide bonds. The van der Waals surface area contributed by atoms with Crippen molar-refractivity contribution in [3.05, 3.63) is 29.8 Å². The second-order valence-corrected chi connectivity index (χ2v) is 15.4. The Morgan fingerprint density at radius 1 is 0.957 bits per heavy atom. The van der Waals surface area contributed by atoms with E-state index in [1.165, 1.54) is 12.0 Å². The highest BCUT2D eigenvalue weighted by Crippen LogP contribution is 2.60. The first-order valence-corrected chi connectivity index (χ1v) is 19.0. The molecule has 0 radical (unpaired) electrons. The first-order valence-electron chi connectivity index (χ1n) is 17.9. The van der Waals surface area contributed by atoms with Crippen LogP contribution in [-0.2, 0) is 30.5 Å². The number of amides is 1. The van der Waals surface area contributed by atoms with E-state index in [4.69, 9.17) is 42.5 Å². The molecule has 6 fully saturated rings. The summed E-state index contributed by atoms with van der Waals surface area (Å²) in [5.74, 6) is 2.50. The summed E-state index contributed by atoms with van der Waals surface area (Å²) >= 11 is 11.9. The zero-order valence-electron chi connectivity index (χ0n) is 28.1. The second-order valence-electron chi connectivity index (χ2n) is 14.7. The van der Waals surface area contributed by atoms with Gasteiger partial charge in [-0.05, 0) is 93.9 Å². The average Bonchev–Trinajstić information content (AvgIpc) is 3.29. The van der Waals surface area contributed by atoms with Gasteiger partial charge < -0.3 is 19.3 Å². The Kier molecular flexibility index (Phi) is 11.5. The molecule has 258 valence electrons. The van der Waals surface area contributed by atoms with Gasteiger partial charge in [0.2, 0.25) is 11.7 Å². The molecule has 46 heavy (non-hydrogen) atoms. The van der Waals surface area contributed by atoms with E-state index in [9.17, 15) is 4.79 Å². The van der Waals surface area contributed by atoms with Crippen LogP contribution >= 0.6 is 23.2 Å². The van der Waals surface area contributed by atoms with Crippen LogP contribution in [0.15, 0.2) is 24.3 Å². The second kappa shape index (κ2) is 15.2. The van der Waals surface area contributed by atoms with Gasteiger partial charge in [0.25, 0.3) is 0 Å². The summed E-state index contributed by atoms with van der Waals surface area (Å²) < 4.78 is 13.3. The number of piperazine rings is 1. The van der Waals surface area contributed by atoms with Crippen molar-refractivity contribution in [3.8, 4) is 0 Å². The normalized spacial score (nSPS) is 35.9. The number of benzene rings is 1. The molecule has 7 rings (SSSR count). The van der Waals surface area contributed by atoms with Crippen molar-refractivity contribution >= 4 is 34.8 Å². The minimum Gasteiger partial charge on any atom is -0.369 e. The number of carbonyl (C=O) groups is 1. The summed E-state index contributed by atoms with van der Waals surface area (Å²) in [4.78, 5) is 32.0. The number of fused-ring (bicyclic) bond motifs is 2. The summed E-state index contributed by atoms with van der Waals surface area (Å²) in [6, 6.07) is 8.59. The van der Waals surface area contributed by atoms with E-state index in [-0.39, 0.29) is 18.3 Å². The Labute approximate surface area is 286 Å². The van der Waals surface area contributed by atoms with Gasteiger partial charge in [-0.1, -0.05) is 26.0 Å². The van der Waals surface area contributed by atoms with Crippen LogP contribution in [0.3, 0.4) is 0 Å². The molecule has 1 spiro atoms. The standard InChI is InChI=1S/C36H55Cl2N3O5/c1-26-9-14-31-27(2)32(43-34-36(31)30(26)15-16-35(3,44-34)45-46-36)7-5-19-39-22-24-41(25-23-39)33(42)8-4-6-28-10-12-29(13-11-28)40(20-17-37)21-18-38/h10-13,26-27,30-32,34H,4-9,14-25H2,1-3H3/t26-,27-,30?,31+,32-,34-,35?,36?/m1/s1. The van der Waals surface area contributed by atoms with Gasteiger partial charge in [0.15, 0.2) is 11.9 Å². The number of nitrogens with zero attached hydrogens (tertiary/aromatic N) is 3. The number of hydrogen-bond acceptors (Lipinski definition) is 7. The van der Waals surface area contributed by atoms with Gasteiger partial charge in [0.05, 0.1) is 6.10 Å². The van der Waals surface area contributed by atoms with Crippen LogP contribution in [0.4, 0.5) is 5.69 Å². The highest BCUT2D eigenvalue weighted by molar-refractivity contribution is 6.18. The monoisotopic (exact) mass is 679 g/mol. The largest absolute Gasteiger partial charge is 0.369 e. The molecule has 6 aliphatic rings. The van der Waals surface area contributed by atoms with Gasteiger partial charge in [-0.3, -0.25) is 9.69 Å². The molecule has 0 N–H and O–H groups in total. The minimum atomic E-state index is -0.720. The van der Waals surface area contributed by atoms with Gasteiger partial charge in [0.1, 0.15) is 0 Å². The molecule has 5 aliphatic heterocycles. The third kappa shape index (κ3) is 7.24. The fraction of sp³-hybridized carbons (Fsp3) is 0.806. The summed E-state index contributed by atoms with van der Waals surface area (Å²) in [5.41, 5.74) is 1.92. The van der Waals surface area contributed by atoms with Crippen LogP contribution in [0.2, 0.25) is 0 Å². The molecule has 5 heterocycles. The Bertz CT molecular complexity index is 1150. The third-order valence-corrected chi connectivity index (χ3v) is 12.2. The van der Waals surface area contributed by atoms with Crippen molar-refractivity contribution in [2.75, 3.05) is 62.5 Å².